The topological polar surface area (TPSA) is 58.9 Å². The first-order valence-corrected chi connectivity index (χ1v) is 5.20. The van der Waals surface area contributed by atoms with Crippen molar-refractivity contribution in [3.8, 4) is 0 Å². The smallest absolute Gasteiger partial charge is 0.354 e. The molecule has 0 bridgehead atoms. The Kier molecular flexibility index (Phi) is 5.05. The molecular formula is C12H15NO3. The zero-order valence-corrected chi connectivity index (χ0v) is 9.22. The summed E-state index contributed by atoms with van der Waals surface area (Å²) in [5.41, 5.74) is 0.934. The summed E-state index contributed by atoms with van der Waals surface area (Å²) in [5, 5.41) is 12.5. The molecule has 4 heteroatoms. The highest BCUT2D eigenvalue weighted by Gasteiger charge is 2.11. The Hall–Kier alpha value is -1.84. The lowest BCUT2D eigenvalue weighted by atomic mass is 10.1. The van der Waals surface area contributed by atoms with E-state index in [9.17, 15) is 4.79 Å². The molecule has 86 valence electrons. The molecule has 0 aromatic heterocycles. The van der Waals surface area contributed by atoms with Gasteiger partial charge >= 0.3 is 5.97 Å². The highest BCUT2D eigenvalue weighted by molar-refractivity contribution is 6.35. The van der Waals surface area contributed by atoms with Crippen molar-refractivity contribution in [1.82, 2.24) is 0 Å². The number of carboxylic acids is 1. The Labute approximate surface area is 94.5 Å². The minimum Gasteiger partial charge on any atom is -0.477 e. The second-order valence-electron chi connectivity index (χ2n) is 3.34. The number of rotatable bonds is 6. The Bertz CT molecular complexity index is 360. The molecule has 1 aromatic rings. The SMILES string of the molecule is CCCON=C(Cc1ccccc1)C(=O)O. The van der Waals surface area contributed by atoms with Gasteiger partial charge in [0, 0.05) is 6.42 Å². The zero-order valence-electron chi connectivity index (χ0n) is 9.22. The molecule has 4 nitrogen and oxygen atoms in total. The molecule has 0 saturated carbocycles. The van der Waals surface area contributed by atoms with Gasteiger partial charge in [-0.05, 0) is 12.0 Å². The van der Waals surface area contributed by atoms with Gasteiger partial charge in [-0.15, -0.1) is 0 Å². The largest absolute Gasteiger partial charge is 0.477 e. The summed E-state index contributed by atoms with van der Waals surface area (Å²) >= 11 is 0. The van der Waals surface area contributed by atoms with Crippen molar-refractivity contribution in [2.75, 3.05) is 6.61 Å². The summed E-state index contributed by atoms with van der Waals surface area (Å²) in [4.78, 5) is 15.8. The van der Waals surface area contributed by atoms with Crippen LogP contribution in [0.15, 0.2) is 35.5 Å². The molecule has 0 aliphatic heterocycles. The third kappa shape index (κ3) is 4.13. The Balaban J connectivity index is 2.65. The van der Waals surface area contributed by atoms with E-state index in [1.54, 1.807) is 0 Å². The van der Waals surface area contributed by atoms with Crippen molar-refractivity contribution < 1.29 is 14.7 Å². The van der Waals surface area contributed by atoms with E-state index in [0.29, 0.717) is 6.61 Å². The lowest BCUT2D eigenvalue weighted by molar-refractivity contribution is -0.129. The number of nitrogens with zero attached hydrogens (tertiary/aromatic N) is 1. The predicted octanol–water partition coefficient (Wildman–Crippen LogP) is 2.10. The standard InChI is InChI=1S/C12H15NO3/c1-2-8-16-13-11(12(14)15)9-10-6-4-3-5-7-10/h3-7H,2,8-9H2,1H3,(H,14,15). The molecule has 1 N–H and O–H groups in total. The molecule has 0 radical (unpaired) electrons. The predicted molar refractivity (Wildman–Crippen MR) is 61.5 cm³/mol. The summed E-state index contributed by atoms with van der Waals surface area (Å²) in [5.74, 6) is -1.04. The van der Waals surface area contributed by atoms with Gasteiger partial charge in [0.25, 0.3) is 0 Å². The van der Waals surface area contributed by atoms with Crippen molar-refractivity contribution in [3.63, 3.8) is 0 Å². The quantitative estimate of drug-likeness (QED) is 0.454. The van der Waals surface area contributed by atoms with Gasteiger partial charge in [-0.3, -0.25) is 0 Å². The molecule has 1 aromatic carbocycles. The van der Waals surface area contributed by atoms with E-state index < -0.39 is 5.97 Å². The highest BCUT2D eigenvalue weighted by Crippen LogP contribution is 2.02. The van der Waals surface area contributed by atoms with Crippen molar-refractivity contribution in [2.45, 2.75) is 19.8 Å². The van der Waals surface area contributed by atoms with Gasteiger partial charge in [0.05, 0.1) is 0 Å². The maximum Gasteiger partial charge on any atom is 0.354 e. The molecule has 0 amide bonds. The molecule has 0 fully saturated rings. The van der Waals surface area contributed by atoms with Crippen molar-refractivity contribution in [1.29, 1.82) is 0 Å². The minimum absolute atomic E-state index is 0.0275. The van der Waals surface area contributed by atoms with Gasteiger partial charge in [0.1, 0.15) is 6.61 Å². The zero-order chi connectivity index (χ0) is 11.8. The van der Waals surface area contributed by atoms with E-state index >= 15 is 0 Å². The first-order chi connectivity index (χ1) is 7.74. The summed E-state index contributed by atoms with van der Waals surface area (Å²) in [6.45, 7) is 2.37. The van der Waals surface area contributed by atoms with E-state index in [0.717, 1.165) is 12.0 Å². The molecule has 0 aliphatic carbocycles. The maximum atomic E-state index is 10.9. The molecule has 0 aliphatic rings. The Morgan fingerprint density at radius 2 is 2.06 bits per heavy atom. The van der Waals surface area contributed by atoms with Gasteiger partial charge in [-0.1, -0.05) is 42.4 Å². The van der Waals surface area contributed by atoms with Crippen LogP contribution in [0.4, 0.5) is 0 Å². The number of carboxylic acid groups (broad SMARTS) is 1. The summed E-state index contributed by atoms with van der Waals surface area (Å²) in [6.07, 6.45) is 1.08. The Morgan fingerprint density at radius 1 is 1.38 bits per heavy atom. The van der Waals surface area contributed by atoms with Crippen LogP contribution in [0.2, 0.25) is 0 Å². The summed E-state index contributed by atoms with van der Waals surface area (Å²) in [7, 11) is 0. The normalized spacial score (nSPS) is 11.2. The number of hydrogen-bond acceptors (Lipinski definition) is 3. The van der Waals surface area contributed by atoms with Crippen molar-refractivity contribution >= 4 is 11.7 Å². The lowest BCUT2D eigenvalue weighted by Gasteiger charge is -2.02. The van der Waals surface area contributed by atoms with E-state index in [1.807, 2.05) is 37.3 Å². The fourth-order valence-electron chi connectivity index (χ4n) is 1.15. The van der Waals surface area contributed by atoms with Crippen LogP contribution in [0.1, 0.15) is 18.9 Å². The molecule has 0 atom stereocenters. The van der Waals surface area contributed by atoms with Crippen molar-refractivity contribution in [2.24, 2.45) is 5.16 Å². The number of aliphatic carboxylic acids is 1. The molecule has 0 unspecified atom stereocenters. The molecular weight excluding hydrogens is 206 g/mol. The second kappa shape index (κ2) is 6.61. The van der Waals surface area contributed by atoms with Crippen LogP contribution >= 0.6 is 0 Å². The second-order valence-corrected chi connectivity index (χ2v) is 3.34. The van der Waals surface area contributed by atoms with Gasteiger partial charge < -0.3 is 9.94 Å². The fraction of sp³-hybridized carbons (Fsp3) is 0.333. The van der Waals surface area contributed by atoms with E-state index in [-0.39, 0.29) is 12.1 Å². The average molecular weight is 221 g/mol. The van der Waals surface area contributed by atoms with E-state index in [1.165, 1.54) is 0 Å². The molecule has 0 saturated heterocycles. The molecule has 16 heavy (non-hydrogen) atoms. The Morgan fingerprint density at radius 3 is 2.62 bits per heavy atom. The van der Waals surface area contributed by atoms with Gasteiger partial charge in [0.15, 0.2) is 5.71 Å². The van der Waals surface area contributed by atoms with Gasteiger partial charge in [-0.2, -0.15) is 0 Å². The van der Waals surface area contributed by atoms with Crippen LogP contribution in [0.5, 0.6) is 0 Å². The molecule has 0 heterocycles. The number of benzene rings is 1. The first kappa shape index (κ1) is 12.2. The number of oxime groups is 1. The fourth-order valence-corrected chi connectivity index (χ4v) is 1.15. The monoisotopic (exact) mass is 221 g/mol. The summed E-state index contributed by atoms with van der Waals surface area (Å²) in [6, 6.07) is 9.33. The van der Waals surface area contributed by atoms with Crippen LogP contribution in [0.25, 0.3) is 0 Å². The first-order valence-electron chi connectivity index (χ1n) is 5.20. The average Bonchev–Trinajstić information content (AvgIpc) is 2.29. The third-order valence-electron chi connectivity index (χ3n) is 1.93. The minimum atomic E-state index is -1.04. The van der Waals surface area contributed by atoms with Crippen molar-refractivity contribution in [3.05, 3.63) is 35.9 Å². The third-order valence-corrected chi connectivity index (χ3v) is 1.93. The van der Waals surface area contributed by atoms with Crippen LogP contribution in [-0.4, -0.2) is 23.4 Å². The lowest BCUT2D eigenvalue weighted by Crippen LogP contribution is -2.16. The molecule has 0 spiro atoms. The number of hydrogen-bond donors (Lipinski definition) is 1. The van der Waals surface area contributed by atoms with Gasteiger partial charge in [-0.25, -0.2) is 4.79 Å². The van der Waals surface area contributed by atoms with Crippen LogP contribution < -0.4 is 0 Å². The summed E-state index contributed by atoms with van der Waals surface area (Å²) < 4.78 is 0. The van der Waals surface area contributed by atoms with E-state index in [4.69, 9.17) is 9.94 Å². The molecule has 1 rings (SSSR count). The highest BCUT2D eigenvalue weighted by atomic mass is 16.6. The van der Waals surface area contributed by atoms with Crippen LogP contribution in [-0.2, 0) is 16.1 Å². The van der Waals surface area contributed by atoms with Gasteiger partial charge in [0.2, 0.25) is 0 Å². The van der Waals surface area contributed by atoms with E-state index in [2.05, 4.69) is 5.16 Å². The van der Waals surface area contributed by atoms with Crippen LogP contribution in [0.3, 0.4) is 0 Å². The number of carbonyl (C=O) groups is 1. The van der Waals surface area contributed by atoms with Crippen LogP contribution in [0, 0.1) is 0 Å². The maximum absolute atomic E-state index is 10.9.